The van der Waals surface area contributed by atoms with Crippen LogP contribution in [0.3, 0.4) is 0 Å². The Bertz CT molecular complexity index is 1080. The van der Waals surface area contributed by atoms with E-state index >= 15 is 0 Å². The first-order chi connectivity index (χ1) is 15.9. The average molecular weight is 450 g/mol. The van der Waals surface area contributed by atoms with E-state index in [0.29, 0.717) is 5.56 Å². The number of rotatable bonds is 10. The van der Waals surface area contributed by atoms with Crippen LogP contribution in [0.25, 0.3) is 11.1 Å². The Morgan fingerprint density at radius 1 is 0.909 bits per heavy atom. The lowest BCUT2D eigenvalue weighted by Crippen LogP contribution is -2.25. The second-order valence-electron chi connectivity index (χ2n) is 8.41. The number of ether oxygens (including phenoxy) is 1. The van der Waals surface area contributed by atoms with Crippen molar-refractivity contribution in [2.24, 2.45) is 5.16 Å². The molecule has 0 aliphatic heterocycles. The Morgan fingerprint density at radius 3 is 2.21 bits per heavy atom. The average Bonchev–Trinajstić information content (AvgIpc) is 3.08. The predicted molar refractivity (Wildman–Crippen MR) is 127 cm³/mol. The molecule has 0 fully saturated rings. The van der Waals surface area contributed by atoms with Crippen molar-refractivity contribution in [1.82, 2.24) is 0 Å². The van der Waals surface area contributed by atoms with Gasteiger partial charge in [0.15, 0.2) is 0 Å². The summed E-state index contributed by atoms with van der Waals surface area (Å²) in [5.74, 6) is -1.46. The second-order valence-corrected chi connectivity index (χ2v) is 8.41. The number of ketones is 1. The van der Waals surface area contributed by atoms with Crippen LogP contribution in [-0.4, -0.2) is 30.5 Å². The number of methoxy groups -OCH3 is 1. The monoisotopic (exact) mass is 449 g/mol. The van der Waals surface area contributed by atoms with E-state index in [0.717, 1.165) is 36.8 Å². The van der Waals surface area contributed by atoms with Crippen molar-refractivity contribution in [1.29, 1.82) is 0 Å². The molecule has 0 amide bonds. The van der Waals surface area contributed by atoms with E-state index < -0.39 is 11.9 Å². The normalized spacial score (nSPS) is 13.8. The third kappa shape index (κ3) is 4.90. The fourth-order valence-electron chi connectivity index (χ4n) is 4.92. The van der Waals surface area contributed by atoms with Gasteiger partial charge < -0.3 is 9.57 Å². The lowest BCUT2D eigenvalue weighted by molar-refractivity contribution is -0.141. The smallest absolute Gasteiger partial charge is 0.331 e. The number of carbonyl (C=O) groups excluding carboxylic acids is 3. The van der Waals surface area contributed by atoms with Crippen molar-refractivity contribution in [3.8, 4) is 11.1 Å². The van der Waals surface area contributed by atoms with Crippen LogP contribution in [0.5, 0.6) is 0 Å². The van der Waals surface area contributed by atoms with Crippen LogP contribution in [0.1, 0.15) is 80.8 Å². The Morgan fingerprint density at radius 2 is 1.58 bits per heavy atom. The van der Waals surface area contributed by atoms with Crippen molar-refractivity contribution >= 4 is 23.4 Å². The lowest BCUT2D eigenvalue weighted by atomic mass is 9.71. The number of fused-ring (bicyclic) bond motifs is 3. The summed E-state index contributed by atoms with van der Waals surface area (Å²) >= 11 is 0. The number of oxime groups is 1. The molecule has 3 rings (SSSR count). The zero-order valence-electron chi connectivity index (χ0n) is 19.8. The van der Waals surface area contributed by atoms with Gasteiger partial charge in [0.05, 0.1) is 13.5 Å². The van der Waals surface area contributed by atoms with E-state index in [1.807, 2.05) is 18.2 Å². The maximum Gasteiger partial charge on any atom is 0.331 e. The molecular formula is C27H31NO5. The van der Waals surface area contributed by atoms with Crippen molar-refractivity contribution < 1.29 is 24.0 Å². The van der Waals surface area contributed by atoms with E-state index in [1.165, 1.54) is 25.2 Å². The zero-order valence-corrected chi connectivity index (χ0v) is 19.8. The molecule has 0 bridgehead atoms. The minimum Gasteiger partial charge on any atom is -0.469 e. The van der Waals surface area contributed by atoms with E-state index in [2.05, 4.69) is 41.9 Å². The number of nitrogens with zero attached hydrogens (tertiary/aromatic N) is 1. The van der Waals surface area contributed by atoms with Crippen LogP contribution >= 0.6 is 0 Å². The summed E-state index contributed by atoms with van der Waals surface area (Å²) in [6.45, 7) is 5.58. The van der Waals surface area contributed by atoms with E-state index in [4.69, 9.17) is 4.84 Å². The van der Waals surface area contributed by atoms with Crippen molar-refractivity contribution in [3.05, 3.63) is 59.2 Å². The molecule has 6 heteroatoms. The van der Waals surface area contributed by atoms with Gasteiger partial charge in [-0.15, -0.1) is 0 Å². The Labute approximate surface area is 195 Å². The van der Waals surface area contributed by atoms with Crippen LogP contribution in [0.2, 0.25) is 0 Å². The van der Waals surface area contributed by atoms with Gasteiger partial charge in [-0.3, -0.25) is 9.59 Å². The number of hydrogen-bond donors (Lipinski definition) is 0. The molecule has 0 saturated heterocycles. The molecule has 174 valence electrons. The van der Waals surface area contributed by atoms with Crippen LogP contribution in [-0.2, 0) is 24.6 Å². The van der Waals surface area contributed by atoms with Gasteiger partial charge in [-0.05, 0) is 41.2 Å². The summed E-state index contributed by atoms with van der Waals surface area (Å²) in [5.41, 5.74) is 5.16. The van der Waals surface area contributed by atoms with Gasteiger partial charge in [0.2, 0.25) is 5.78 Å². The molecule has 2 aromatic carbocycles. The maximum atomic E-state index is 13.4. The molecule has 0 spiro atoms. The van der Waals surface area contributed by atoms with Crippen LogP contribution in [0.4, 0.5) is 0 Å². The third-order valence-corrected chi connectivity index (χ3v) is 6.22. The summed E-state index contributed by atoms with van der Waals surface area (Å²) in [6.07, 6.45) is 3.99. The van der Waals surface area contributed by atoms with Gasteiger partial charge in [-0.1, -0.05) is 68.2 Å². The van der Waals surface area contributed by atoms with Gasteiger partial charge >= 0.3 is 11.9 Å². The van der Waals surface area contributed by atoms with Gasteiger partial charge in [-0.25, -0.2) is 4.79 Å². The van der Waals surface area contributed by atoms with Gasteiger partial charge in [0, 0.05) is 24.3 Å². The first kappa shape index (κ1) is 24.4. The fourth-order valence-corrected chi connectivity index (χ4v) is 4.92. The molecule has 1 aliphatic rings. The molecule has 0 aromatic heterocycles. The van der Waals surface area contributed by atoms with Gasteiger partial charge in [0.25, 0.3) is 0 Å². The standard InChI is InChI=1S/C27H31NO5/c1-5-15-27(16-6-2)22-10-8-7-9-20(22)21-12-11-19(17-23(21)27)26(31)24(28-33-18(3)29)13-14-25(30)32-4/h7-12,17H,5-6,13-16H2,1-4H3/b28-24+. The highest BCUT2D eigenvalue weighted by Crippen LogP contribution is 2.53. The number of carbonyl (C=O) groups is 3. The molecule has 0 N–H and O–H groups in total. The van der Waals surface area contributed by atoms with E-state index in [-0.39, 0.29) is 29.8 Å². The molecule has 2 aromatic rings. The Kier molecular flexibility index (Phi) is 7.79. The molecular weight excluding hydrogens is 418 g/mol. The summed E-state index contributed by atoms with van der Waals surface area (Å²) in [4.78, 5) is 41.0. The van der Waals surface area contributed by atoms with E-state index in [1.54, 1.807) is 6.07 Å². The highest BCUT2D eigenvalue weighted by atomic mass is 16.7. The molecule has 0 radical (unpaired) electrons. The highest BCUT2D eigenvalue weighted by molar-refractivity contribution is 6.46. The summed E-state index contributed by atoms with van der Waals surface area (Å²) in [7, 11) is 1.28. The Balaban J connectivity index is 2.06. The van der Waals surface area contributed by atoms with Crippen LogP contribution in [0, 0.1) is 0 Å². The van der Waals surface area contributed by atoms with Crippen molar-refractivity contribution in [3.63, 3.8) is 0 Å². The molecule has 0 saturated carbocycles. The molecule has 6 nitrogen and oxygen atoms in total. The van der Waals surface area contributed by atoms with Gasteiger partial charge in [0.1, 0.15) is 5.71 Å². The summed E-state index contributed by atoms with van der Waals surface area (Å²) in [5, 5.41) is 3.76. The highest BCUT2D eigenvalue weighted by Gasteiger charge is 2.42. The number of hydrogen-bond acceptors (Lipinski definition) is 6. The minimum atomic E-state index is -0.632. The van der Waals surface area contributed by atoms with E-state index in [9.17, 15) is 14.4 Å². The second kappa shape index (κ2) is 10.6. The number of Topliss-reactive ketones (excluding diaryl/α,β-unsaturated/α-hetero) is 1. The van der Waals surface area contributed by atoms with Gasteiger partial charge in [-0.2, -0.15) is 0 Å². The summed E-state index contributed by atoms with van der Waals surface area (Å²) in [6, 6.07) is 14.2. The Hall–Kier alpha value is -3.28. The maximum absolute atomic E-state index is 13.4. The third-order valence-electron chi connectivity index (χ3n) is 6.22. The number of esters is 1. The first-order valence-electron chi connectivity index (χ1n) is 11.5. The van der Waals surface area contributed by atoms with Crippen molar-refractivity contribution in [2.75, 3.05) is 7.11 Å². The SMILES string of the molecule is CCCC1(CCC)c2ccccc2-c2ccc(C(=O)/C(CCC(=O)OC)=N/OC(C)=O)cc21. The molecule has 33 heavy (non-hydrogen) atoms. The number of benzene rings is 2. The van der Waals surface area contributed by atoms with Crippen molar-refractivity contribution in [2.45, 2.75) is 64.7 Å². The molecule has 0 unspecified atom stereocenters. The molecule has 0 heterocycles. The largest absolute Gasteiger partial charge is 0.469 e. The lowest BCUT2D eigenvalue weighted by Gasteiger charge is -2.32. The summed E-state index contributed by atoms with van der Waals surface area (Å²) < 4.78 is 4.68. The molecule has 1 aliphatic carbocycles. The predicted octanol–water partition coefficient (Wildman–Crippen LogP) is 5.61. The molecule has 0 atom stereocenters. The fraction of sp³-hybridized carbons (Fsp3) is 0.407. The minimum absolute atomic E-state index is 0.0163. The van der Waals surface area contributed by atoms with Crippen LogP contribution < -0.4 is 0 Å². The zero-order chi connectivity index (χ0) is 24.0. The van der Waals surface area contributed by atoms with Crippen LogP contribution in [0.15, 0.2) is 47.6 Å². The quantitative estimate of drug-likeness (QED) is 0.155. The topological polar surface area (TPSA) is 82.0 Å². The first-order valence-corrected chi connectivity index (χ1v) is 11.5.